The summed E-state index contributed by atoms with van der Waals surface area (Å²) in [6.45, 7) is 0. The number of anilines is 1. The van der Waals surface area contributed by atoms with Gasteiger partial charge in [-0.25, -0.2) is 0 Å². The van der Waals surface area contributed by atoms with Crippen LogP contribution in [0.1, 0.15) is 6.42 Å². The molecule has 0 aliphatic carbocycles. The second-order valence-corrected chi connectivity index (χ2v) is 7.32. The normalized spacial score (nSPS) is 21.1. The summed E-state index contributed by atoms with van der Waals surface area (Å²) in [5.41, 5.74) is 5.44. The number of nitrogen functional groups attached to an aromatic ring is 1. The van der Waals surface area contributed by atoms with Gasteiger partial charge >= 0.3 is 29.6 Å². The second-order valence-electron chi connectivity index (χ2n) is 3.80. The minimum Gasteiger partial charge on any atom is -0.543 e. The first-order valence-corrected chi connectivity index (χ1v) is 7.89. The standard InChI is InChI=1S/C9H8N4O3S3.Na/c10-8-11-12-9(19-8)18-3-2-17-5-1-4(14)13(5)6(3)7(15)16;/h5H,1-2H2,(H2,10,11)(H,15,16);/q;+1/p-1. The molecule has 1 unspecified atom stereocenters. The van der Waals surface area contributed by atoms with Crippen molar-refractivity contribution < 1.29 is 44.3 Å². The summed E-state index contributed by atoms with van der Waals surface area (Å²) >= 11 is 3.88. The van der Waals surface area contributed by atoms with Gasteiger partial charge in [0.1, 0.15) is 0 Å². The number of rotatable bonds is 3. The van der Waals surface area contributed by atoms with Gasteiger partial charge in [-0.05, 0) is 0 Å². The van der Waals surface area contributed by atoms with Crippen molar-refractivity contribution in [3.8, 4) is 0 Å². The van der Waals surface area contributed by atoms with Crippen molar-refractivity contribution in [2.24, 2.45) is 0 Å². The summed E-state index contributed by atoms with van der Waals surface area (Å²) < 4.78 is 0.554. The minimum atomic E-state index is -1.33. The molecule has 1 aromatic heterocycles. The quantitative estimate of drug-likeness (QED) is 0.446. The fourth-order valence-corrected chi connectivity index (χ4v) is 5.01. The van der Waals surface area contributed by atoms with E-state index < -0.39 is 5.97 Å². The van der Waals surface area contributed by atoms with Crippen LogP contribution >= 0.6 is 34.9 Å². The van der Waals surface area contributed by atoms with Crippen molar-refractivity contribution in [1.82, 2.24) is 15.1 Å². The van der Waals surface area contributed by atoms with Crippen LogP contribution in [0.3, 0.4) is 0 Å². The zero-order chi connectivity index (χ0) is 13.6. The van der Waals surface area contributed by atoms with Crippen molar-refractivity contribution in [3.05, 3.63) is 10.6 Å². The molecule has 3 rings (SSSR count). The summed E-state index contributed by atoms with van der Waals surface area (Å²) in [6, 6.07) is 0. The molecular formula is C9H7N4NaO3S3. The van der Waals surface area contributed by atoms with Crippen LogP contribution in [0.25, 0.3) is 0 Å². The maximum Gasteiger partial charge on any atom is 1.00 e. The Labute approximate surface area is 148 Å². The molecule has 2 aliphatic heterocycles. The Morgan fingerprint density at radius 2 is 2.25 bits per heavy atom. The van der Waals surface area contributed by atoms with Crippen molar-refractivity contribution in [3.63, 3.8) is 0 Å². The Balaban J connectivity index is 0.00000147. The van der Waals surface area contributed by atoms with E-state index in [2.05, 4.69) is 10.2 Å². The number of β-lactam (4-membered cyclic amide) rings is 1. The van der Waals surface area contributed by atoms with E-state index in [1.807, 2.05) is 0 Å². The molecule has 0 bridgehead atoms. The van der Waals surface area contributed by atoms with E-state index in [-0.39, 0.29) is 46.5 Å². The summed E-state index contributed by atoms with van der Waals surface area (Å²) in [5, 5.41) is 19.0. The molecule has 0 saturated carbocycles. The van der Waals surface area contributed by atoms with Crippen molar-refractivity contribution >= 4 is 51.9 Å². The van der Waals surface area contributed by atoms with Crippen LogP contribution in [-0.4, -0.2) is 38.1 Å². The van der Waals surface area contributed by atoms with Crippen LogP contribution in [-0.2, 0) is 9.59 Å². The number of aliphatic carboxylic acids is 1. The predicted octanol–water partition coefficient (Wildman–Crippen LogP) is -3.52. The van der Waals surface area contributed by atoms with E-state index in [1.54, 1.807) is 0 Å². The smallest absolute Gasteiger partial charge is 0.543 e. The third-order valence-electron chi connectivity index (χ3n) is 2.64. The third-order valence-corrected chi connectivity index (χ3v) is 5.93. The molecule has 1 saturated heterocycles. The number of carboxylic acid groups (broad SMARTS) is 1. The predicted molar refractivity (Wildman–Crippen MR) is 69.9 cm³/mol. The van der Waals surface area contributed by atoms with Crippen LogP contribution in [0.4, 0.5) is 5.13 Å². The molecule has 100 valence electrons. The molecule has 2 N–H and O–H groups in total. The summed E-state index contributed by atoms with van der Waals surface area (Å²) in [5.74, 6) is -1.01. The number of carbonyl (C=O) groups excluding carboxylic acids is 2. The second kappa shape index (κ2) is 6.24. The zero-order valence-corrected chi connectivity index (χ0v) is 14.8. The van der Waals surface area contributed by atoms with Crippen molar-refractivity contribution in [2.45, 2.75) is 16.1 Å². The van der Waals surface area contributed by atoms with E-state index >= 15 is 0 Å². The largest absolute Gasteiger partial charge is 1.00 e. The van der Waals surface area contributed by atoms with E-state index in [0.29, 0.717) is 26.6 Å². The molecule has 3 heterocycles. The van der Waals surface area contributed by atoms with Crippen LogP contribution in [0.5, 0.6) is 0 Å². The van der Waals surface area contributed by atoms with Gasteiger partial charge in [0.25, 0.3) is 0 Å². The molecule has 2 aliphatic rings. The first kappa shape index (κ1) is 16.1. The summed E-state index contributed by atoms with van der Waals surface area (Å²) in [4.78, 5) is 24.6. The Morgan fingerprint density at radius 3 is 2.80 bits per heavy atom. The molecule has 20 heavy (non-hydrogen) atoms. The molecular weight excluding hydrogens is 331 g/mol. The number of nitrogens with zero attached hydrogens (tertiary/aromatic N) is 3. The number of nitrogens with two attached hydrogens (primary N) is 1. The Bertz CT molecular complexity index is 605. The number of hydrogen-bond donors (Lipinski definition) is 1. The van der Waals surface area contributed by atoms with Gasteiger partial charge in [-0.3, -0.25) is 9.69 Å². The van der Waals surface area contributed by atoms with E-state index in [0.717, 1.165) is 0 Å². The van der Waals surface area contributed by atoms with E-state index in [9.17, 15) is 14.7 Å². The Morgan fingerprint density at radius 1 is 1.50 bits per heavy atom. The number of fused-ring (bicyclic) bond motifs is 1. The molecule has 0 aromatic carbocycles. The van der Waals surface area contributed by atoms with E-state index in [4.69, 9.17) is 5.73 Å². The minimum absolute atomic E-state index is 0. The molecule has 7 nitrogen and oxygen atoms in total. The monoisotopic (exact) mass is 338 g/mol. The average Bonchev–Trinajstić information content (AvgIpc) is 2.74. The van der Waals surface area contributed by atoms with Gasteiger partial charge in [0.15, 0.2) is 4.34 Å². The summed E-state index contributed by atoms with van der Waals surface area (Å²) in [6.07, 6.45) is 0.380. The van der Waals surface area contributed by atoms with Crippen LogP contribution < -0.4 is 40.4 Å². The van der Waals surface area contributed by atoms with Crippen molar-refractivity contribution in [2.75, 3.05) is 11.5 Å². The van der Waals surface area contributed by atoms with Gasteiger partial charge in [-0.1, -0.05) is 23.1 Å². The van der Waals surface area contributed by atoms with Crippen LogP contribution in [0.2, 0.25) is 0 Å². The van der Waals surface area contributed by atoms with Gasteiger partial charge in [0.05, 0.1) is 23.5 Å². The van der Waals surface area contributed by atoms with Crippen LogP contribution in [0, 0.1) is 0 Å². The number of thioether (sulfide) groups is 2. The maximum absolute atomic E-state index is 11.5. The van der Waals surface area contributed by atoms with Gasteiger partial charge in [0, 0.05) is 10.7 Å². The topological polar surface area (TPSA) is 112 Å². The third kappa shape index (κ3) is 2.85. The molecule has 1 fully saturated rings. The Kier molecular flexibility index (Phi) is 5.03. The first-order chi connectivity index (χ1) is 9.06. The van der Waals surface area contributed by atoms with Gasteiger partial charge < -0.3 is 15.6 Å². The van der Waals surface area contributed by atoms with Crippen LogP contribution in [0.15, 0.2) is 14.9 Å². The van der Waals surface area contributed by atoms with Crippen molar-refractivity contribution in [1.29, 1.82) is 0 Å². The number of hydrogen-bond acceptors (Lipinski definition) is 9. The van der Waals surface area contributed by atoms with E-state index in [1.165, 1.54) is 39.8 Å². The van der Waals surface area contributed by atoms with Gasteiger partial charge in [-0.15, -0.1) is 22.0 Å². The fourth-order valence-electron chi connectivity index (χ4n) is 1.82. The molecule has 0 radical (unpaired) electrons. The zero-order valence-electron chi connectivity index (χ0n) is 10.4. The molecule has 1 amide bonds. The summed E-state index contributed by atoms with van der Waals surface area (Å²) in [7, 11) is 0. The average molecular weight is 338 g/mol. The van der Waals surface area contributed by atoms with Gasteiger partial charge in [-0.2, -0.15) is 0 Å². The molecule has 11 heteroatoms. The fraction of sp³-hybridized carbons (Fsp3) is 0.333. The van der Waals surface area contributed by atoms with Gasteiger partial charge in [0.2, 0.25) is 11.0 Å². The molecule has 1 aromatic rings. The number of carbonyl (C=O) groups is 2. The molecule has 0 spiro atoms. The SMILES string of the molecule is Nc1nnc(SC2=C(C(=O)[O-])N3C(=O)CC3SC2)s1.[Na+]. The maximum atomic E-state index is 11.5. The number of aromatic nitrogens is 2. The molecule has 1 atom stereocenters. The number of carboxylic acids is 1. The Hall–Kier alpha value is -0.260. The first-order valence-electron chi connectivity index (χ1n) is 5.21. The number of amides is 1.